The number of carbonyl (C=O) groups is 2. The number of non-ortho nitro benzene ring substituents is 1. The highest BCUT2D eigenvalue weighted by Gasteiger charge is 2.24. The lowest BCUT2D eigenvalue weighted by Crippen LogP contribution is -2.37. The van der Waals surface area contributed by atoms with Crippen LogP contribution in [0.25, 0.3) is 0 Å². The number of esters is 1. The number of amides is 1. The number of hydrogen-bond acceptors (Lipinski definition) is 7. The van der Waals surface area contributed by atoms with E-state index in [1.807, 2.05) is 4.90 Å². The Bertz CT molecular complexity index is 1010. The predicted octanol–water partition coefficient (Wildman–Crippen LogP) is 3.04. The van der Waals surface area contributed by atoms with Crippen molar-refractivity contribution in [1.82, 2.24) is 4.90 Å². The van der Waals surface area contributed by atoms with Crippen molar-refractivity contribution < 1.29 is 28.4 Å². The lowest BCUT2D eigenvalue weighted by atomic mass is 10.1. The van der Waals surface area contributed by atoms with Gasteiger partial charge in [-0.2, -0.15) is 0 Å². The molecule has 1 aliphatic heterocycles. The Morgan fingerprint density at radius 3 is 2.66 bits per heavy atom. The van der Waals surface area contributed by atoms with Crippen LogP contribution in [0.2, 0.25) is 5.02 Å². The van der Waals surface area contributed by atoms with E-state index in [0.29, 0.717) is 32.0 Å². The molecule has 32 heavy (non-hydrogen) atoms. The van der Waals surface area contributed by atoms with Crippen molar-refractivity contribution in [2.24, 2.45) is 0 Å². The molecular formula is C21H21ClFN3O6. The van der Waals surface area contributed by atoms with E-state index in [1.54, 1.807) is 0 Å². The van der Waals surface area contributed by atoms with Gasteiger partial charge in [0.1, 0.15) is 5.82 Å². The van der Waals surface area contributed by atoms with Crippen LogP contribution in [0, 0.1) is 15.9 Å². The summed E-state index contributed by atoms with van der Waals surface area (Å²) in [5, 5.41) is 11.3. The van der Waals surface area contributed by atoms with Crippen LogP contribution in [0.1, 0.15) is 15.9 Å². The van der Waals surface area contributed by atoms with E-state index < -0.39 is 29.2 Å². The zero-order chi connectivity index (χ0) is 23.3. The third-order valence-electron chi connectivity index (χ3n) is 4.97. The van der Waals surface area contributed by atoms with Crippen LogP contribution in [0.15, 0.2) is 36.4 Å². The molecule has 170 valence electrons. The summed E-state index contributed by atoms with van der Waals surface area (Å²) >= 11 is 5.99. The summed E-state index contributed by atoms with van der Waals surface area (Å²) in [6.07, 6.45) is 0. The van der Waals surface area contributed by atoms with E-state index in [1.165, 1.54) is 42.3 Å². The fourth-order valence-corrected chi connectivity index (χ4v) is 3.43. The molecule has 1 saturated heterocycles. The zero-order valence-corrected chi connectivity index (χ0v) is 18.0. The van der Waals surface area contributed by atoms with Gasteiger partial charge in [-0.15, -0.1) is 0 Å². The number of carbonyl (C=O) groups excluding carboxylic acids is 2. The molecule has 2 aromatic rings. The second-order valence-corrected chi connectivity index (χ2v) is 7.49. The number of nitrogens with zero attached hydrogens (tertiary/aromatic N) is 3. The summed E-state index contributed by atoms with van der Waals surface area (Å²) in [4.78, 5) is 38.7. The molecule has 11 heteroatoms. The number of nitro groups is 1. The molecular weight excluding hydrogens is 445 g/mol. The number of hydrogen-bond donors (Lipinski definition) is 0. The second-order valence-electron chi connectivity index (χ2n) is 7.08. The van der Waals surface area contributed by atoms with E-state index in [0.717, 1.165) is 6.07 Å². The summed E-state index contributed by atoms with van der Waals surface area (Å²) in [6, 6.07) is 8.10. The Labute approximate surface area is 188 Å². The van der Waals surface area contributed by atoms with Crippen molar-refractivity contribution in [2.45, 2.75) is 6.54 Å². The highest BCUT2D eigenvalue weighted by Crippen LogP contribution is 2.27. The first-order chi connectivity index (χ1) is 15.3. The molecule has 0 aliphatic carbocycles. The van der Waals surface area contributed by atoms with E-state index in [-0.39, 0.29) is 28.4 Å². The molecule has 1 heterocycles. The van der Waals surface area contributed by atoms with Gasteiger partial charge < -0.3 is 19.3 Å². The van der Waals surface area contributed by atoms with Gasteiger partial charge in [0.25, 0.3) is 11.6 Å². The number of anilines is 1. The van der Waals surface area contributed by atoms with Gasteiger partial charge >= 0.3 is 5.97 Å². The fraction of sp³-hybridized carbons (Fsp3) is 0.333. The van der Waals surface area contributed by atoms with Gasteiger partial charge in [-0.05, 0) is 18.2 Å². The van der Waals surface area contributed by atoms with Crippen LogP contribution in [0.5, 0.6) is 0 Å². The Morgan fingerprint density at radius 2 is 2.00 bits per heavy atom. The van der Waals surface area contributed by atoms with Crippen molar-refractivity contribution in [3.63, 3.8) is 0 Å². The van der Waals surface area contributed by atoms with Gasteiger partial charge in [0.15, 0.2) is 6.61 Å². The van der Waals surface area contributed by atoms with Crippen molar-refractivity contribution >= 4 is 34.9 Å². The van der Waals surface area contributed by atoms with E-state index in [9.17, 15) is 24.1 Å². The normalized spacial score (nSPS) is 13.5. The zero-order valence-electron chi connectivity index (χ0n) is 17.3. The number of likely N-dealkylation sites (N-methyl/N-ethyl adjacent to an activating group) is 1. The lowest BCUT2D eigenvalue weighted by Gasteiger charge is -2.30. The molecule has 9 nitrogen and oxygen atoms in total. The average molecular weight is 466 g/mol. The number of benzene rings is 2. The van der Waals surface area contributed by atoms with E-state index >= 15 is 0 Å². The summed E-state index contributed by atoms with van der Waals surface area (Å²) in [5.41, 5.74) is 0.313. The van der Waals surface area contributed by atoms with Crippen LogP contribution in [-0.2, 0) is 20.8 Å². The Morgan fingerprint density at radius 1 is 1.28 bits per heavy atom. The maximum absolute atomic E-state index is 14.0. The van der Waals surface area contributed by atoms with Crippen molar-refractivity contribution in [2.75, 3.05) is 44.9 Å². The molecule has 0 N–H and O–H groups in total. The SMILES string of the molecule is CN(Cc1c(F)cccc1Cl)C(=O)COC(=O)c1cc([N+](=O)[O-])ccc1N1CCOCC1. The smallest absolute Gasteiger partial charge is 0.341 e. The van der Waals surface area contributed by atoms with Gasteiger partial charge in [-0.1, -0.05) is 17.7 Å². The molecule has 0 aromatic heterocycles. The maximum Gasteiger partial charge on any atom is 0.341 e. The molecule has 0 bridgehead atoms. The largest absolute Gasteiger partial charge is 0.452 e. The van der Waals surface area contributed by atoms with Crippen molar-refractivity contribution in [3.05, 3.63) is 68.5 Å². The summed E-state index contributed by atoms with van der Waals surface area (Å²) < 4.78 is 24.4. The molecule has 3 rings (SSSR count). The first kappa shape index (κ1) is 23.4. The summed E-state index contributed by atoms with van der Waals surface area (Å²) in [5.74, 6) is -2.02. The molecule has 2 aromatic carbocycles. The van der Waals surface area contributed by atoms with Crippen molar-refractivity contribution in [3.8, 4) is 0 Å². The van der Waals surface area contributed by atoms with Crippen LogP contribution in [0.4, 0.5) is 15.8 Å². The summed E-state index contributed by atoms with van der Waals surface area (Å²) in [7, 11) is 1.42. The summed E-state index contributed by atoms with van der Waals surface area (Å²) in [6.45, 7) is 1.18. The molecule has 1 fully saturated rings. The Hall–Kier alpha value is -3.24. The molecule has 1 aliphatic rings. The number of ether oxygens (including phenoxy) is 2. The number of morpholine rings is 1. The number of rotatable bonds is 7. The van der Waals surface area contributed by atoms with Crippen molar-refractivity contribution in [1.29, 1.82) is 0 Å². The molecule has 1 amide bonds. The van der Waals surface area contributed by atoms with E-state index in [4.69, 9.17) is 21.1 Å². The third-order valence-corrected chi connectivity index (χ3v) is 5.33. The highest BCUT2D eigenvalue weighted by molar-refractivity contribution is 6.31. The maximum atomic E-state index is 14.0. The minimum Gasteiger partial charge on any atom is -0.452 e. The van der Waals surface area contributed by atoms with Gasteiger partial charge in [0.2, 0.25) is 0 Å². The van der Waals surface area contributed by atoms with E-state index in [2.05, 4.69) is 0 Å². The van der Waals surface area contributed by atoms with Gasteiger partial charge in [0, 0.05) is 49.4 Å². The predicted molar refractivity (Wildman–Crippen MR) is 114 cm³/mol. The van der Waals surface area contributed by atoms with Crippen LogP contribution < -0.4 is 4.90 Å². The molecule has 0 spiro atoms. The molecule has 0 saturated carbocycles. The molecule has 0 atom stereocenters. The van der Waals surface area contributed by atoms with Gasteiger partial charge in [0.05, 0.1) is 29.4 Å². The highest BCUT2D eigenvalue weighted by atomic mass is 35.5. The van der Waals surface area contributed by atoms with Crippen LogP contribution in [0.3, 0.4) is 0 Å². The molecule has 0 radical (unpaired) electrons. The Balaban J connectivity index is 1.71. The quantitative estimate of drug-likeness (QED) is 0.352. The number of nitro benzene ring substituents is 1. The minimum absolute atomic E-state index is 0.0197. The first-order valence-electron chi connectivity index (χ1n) is 9.73. The van der Waals surface area contributed by atoms with Crippen LogP contribution >= 0.6 is 11.6 Å². The van der Waals surface area contributed by atoms with Gasteiger partial charge in [-0.25, -0.2) is 9.18 Å². The number of halogens is 2. The van der Waals surface area contributed by atoms with Crippen LogP contribution in [-0.4, -0.2) is 61.7 Å². The van der Waals surface area contributed by atoms with Gasteiger partial charge in [-0.3, -0.25) is 14.9 Å². The molecule has 0 unspecified atom stereocenters. The monoisotopic (exact) mass is 465 g/mol. The standard InChI is InChI=1S/C21H21ClFN3O6/c1-24(12-16-17(22)3-2-4-18(16)23)20(27)13-32-21(28)15-11-14(26(29)30)5-6-19(15)25-7-9-31-10-8-25/h2-6,11H,7-10,12-13H2,1H3. The lowest BCUT2D eigenvalue weighted by molar-refractivity contribution is -0.384. The third kappa shape index (κ3) is 5.51. The Kier molecular flexibility index (Phi) is 7.60. The first-order valence-corrected chi connectivity index (χ1v) is 10.1. The fourth-order valence-electron chi connectivity index (χ4n) is 3.21. The second kappa shape index (κ2) is 10.4. The minimum atomic E-state index is -0.874. The average Bonchev–Trinajstić information content (AvgIpc) is 2.79. The topological polar surface area (TPSA) is 102 Å².